The number of hydrogen-bond acceptors (Lipinski definition) is 5. The van der Waals surface area contributed by atoms with Gasteiger partial charge in [0.05, 0.1) is 12.1 Å². The van der Waals surface area contributed by atoms with E-state index in [0.29, 0.717) is 23.7 Å². The first-order valence-electron chi connectivity index (χ1n) is 7.03. The monoisotopic (exact) mass is 310 g/mol. The van der Waals surface area contributed by atoms with E-state index in [0.717, 1.165) is 5.56 Å². The number of nitrogens with one attached hydrogen (secondary N) is 2. The quantitative estimate of drug-likeness (QED) is 0.739. The van der Waals surface area contributed by atoms with Gasteiger partial charge < -0.3 is 14.8 Å². The minimum atomic E-state index is -0.330. The number of hydrogen-bond donors (Lipinski definition) is 2. The van der Waals surface area contributed by atoms with E-state index >= 15 is 0 Å². The minimum Gasteiger partial charge on any atom is -0.343 e. The van der Waals surface area contributed by atoms with Gasteiger partial charge in [-0.2, -0.15) is 4.98 Å². The van der Waals surface area contributed by atoms with E-state index in [4.69, 9.17) is 4.52 Å². The SMILES string of the molecule is O=C(NCc1nc(Cc2ccccc2)no1)c1ccc(=O)[nH]c1. The average molecular weight is 310 g/mol. The molecule has 7 heteroatoms. The van der Waals surface area contributed by atoms with Gasteiger partial charge in [0.1, 0.15) is 0 Å². The van der Waals surface area contributed by atoms with Gasteiger partial charge in [0.25, 0.3) is 5.91 Å². The van der Waals surface area contributed by atoms with Crippen molar-refractivity contribution in [3.8, 4) is 0 Å². The summed E-state index contributed by atoms with van der Waals surface area (Å²) in [6.07, 6.45) is 1.92. The van der Waals surface area contributed by atoms with E-state index in [9.17, 15) is 9.59 Å². The maximum atomic E-state index is 11.9. The second-order valence-electron chi connectivity index (χ2n) is 4.89. The van der Waals surface area contributed by atoms with Gasteiger partial charge in [-0.25, -0.2) is 0 Å². The molecule has 1 amide bonds. The van der Waals surface area contributed by atoms with Crippen molar-refractivity contribution in [3.63, 3.8) is 0 Å². The van der Waals surface area contributed by atoms with Gasteiger partial charge in [0.2, 0.25) is 11.4 Å². The lowest BCUT2D eigenvalue weighted by atomic mass is 10.1. The molecule has 116 valence electrons. The van der Waals surface area contributed by atoms with Crippen LogP contribution in [0.1, 0.15) is 27.6 Å². The molecule has 23 heavy (non-hydrogen) atoms. The largest absolute Gasteiger partial charge is 0.343 e. The number of aromatic nitrogens is 3. The number of amides is 1. The van der Waals surface area contributed by atoms with E-state index in [-0.39, 0.29) is 18.0 Å². The molecule has 7 nitrogen and oxygen atoms in total. The molecule has 1 aromatic carbocycles. The number of carbonyl (C=O) groups is 1. The molecule has 0 aliphatic heterocycles. The molecule has 0 atom stereocenters. The first-order valence-corrected chi connectivity index (χ1v) is 7.03. The van der Waals surface area contributed by atoms with E-state index in [2.05, 4.69) is 20.4 Å². The molecule has 0 saturated heterocycles. The van der Waals surface area contributed by atoms with E-state index < -0.39 is 0 Å². The Morgan fingerprint density at radius 3 is 2.74 bits per heavy atom. The van der Waals surface area contributed by atoms with Crippen molar-refractivity contribution in [1.29, 1.82) is 0 Å². The predicted molar refractivity (Wildman–Crippen MR) is 81.8 cm³/mol. The lowest BCUT2D eigenvalue weighted by Crippen LogP contribution is -2.23. The number of pyridine rings is 1. The van der Waals surface area contributed by atoms with Crippen molar-refractivity contribution in [3.05, 3.63) is 81.9 Å². The molecular formula is C16H14N4O3. The Balaban J connectivity index is 1.58. The molecule has 0 aliphatic carbocycles. The third-order valence-corrected chi connectivity index (χ3v) is 3.16. The zero-order chi connectivity index (χ0) is 16.1. The lowest BCUT2D eigenvalue weighted by Gasteiger charge is -2.01. The Labute approximate surface area is 131 Å². The van der Waals surface area contributed by atoms with Crippen LogP contribution >= 0.6 is 0 Å². The number of H-pyrrole nitrogens is 1. The maximum Gasteiger partial charge on any atom is 0.253 e. The van der Waals surface area contributed by atoms with Crippen LogP contribution in [0.25, 0.3) is 0 Å². The van der Waals surface area contributed by atoms with Gasteiger partial charge >= 0.3 is 0 Å². The summed E-state index contributed by atoms with van der Waals surface area (Å²) >= 11 is 0. The third kappa shape index (κ3) is 3.91. The van der Waals surface area contributed by atoms with Crippen molar-refractivity contribution in [1.82, 2.24) is 20.4 Å². The normalized spacial score (nSPS) is 10.4. The van der Waals surface area contributed by atoms with Gasteiger partial charge in [-0.05, 0) is 11.6 Å². The summed E-state index contributed by atoms with van der Waals surface area (Å²) in [4.78, 5) is 29.5. The predicted octanol–water partition coefficient (Wildman–Crippen LogP) is 1.28. The summed E-state index contributed by atoms with van der Waals surface area (Å²) in [7, 11) is 0. The van der Waals surface area contributed by atoms with Gasteiger partial charge in [-0.15, -0.1) is 0 Å². The maximum absolute atomic E-state index is 11.9. The van der Waals surface area contributed by atoms with Crippen LogP contribution in [0, 0.1) is 0 Å². The summed E-state index contributed by atoms with van der Waals surface area (Å²) in [6, 6.07) is 12.5. The van der Waals surface area contributed by atoms with Crippen LogP contribution in [0.5, 0.6) is 0 Å². The highest BCUT2D eigenvalue weighted by Crippen LogP contribution is 2.06. The summed E-state index contributed by atoms with van der Waals surface area (Å²) < 4.78 is 5.11. The fraction of sp³-hybridized carbons (Fsp3) is 0.125. The molecule has 0 bridgehead atoms. The lowest BCUT2D eigenvalue weighted by molar-refractivity contribution is 0.0946. The highest BCUT2D eigenvalue weighted by molar-refractivity contribution is 5.93. The molecule has 0 unspecified atom stereocenters. The van der Waals surface area contributed by atoms with E-state index in [1.165, 1.54) is 18.3 Å². The van der Waals surface area contributed by atoms with Crippen molar-refractivity contribution in [2.24, 2.45) is 0 Å². The average Bonchev–Trinajstić information content (AvgIpc) is 3.02. The molecule has 0 saturated carbocycles. The van der Waals surface area contributed by atoms with Crippen molar-refractivity contribution in [2.45, 2.75) is 13.0 Å². The number of nitrogens with zero attached hydrogens (tertiary/aromatic N) is 2. The number of aromatic amines is 1. The second-order valence-corrected chi connectivity index (χ2v) is 4.89. The number of benzene rings is 1. The van der Waals surface area contributed by atoms with Crippen LogP contribution in [0.2, 0.25) is 0 Å². The van der Waals surface area contributed by atoms with Crippen molar-refractivity contribution in [2.75, 3.05) is 0 Å². The standard InChI is InChI=1S/C16H14N4O3/c21-14-7-6-12(9-17-14)16(22)18-10-15-19-13(20-23-15)8-11-4-2-1-3-5-11/h1-7,9H,8,10H2,(H,17,21)(H,18,22). The summed E-state index contributed by atoms with van der Waals surface area (Å²) in [5.74, 6) is 0.558. The summed E-state index contributed by atoms with van der Waals surface area (Å²) in [5.41, 5.74) is 1.18. The Bertz CT molecular complexity index is 835. The van der Waals surface area contributed by atoms with E-state index in [1.54, 1.807) is 0 Å². The van der Waals surface area contributed by atoms with Crippen LogP contribution in [0.3, 0.4) is 0 Å². The molecule has 2 aromatic heterocycles. The van der Waals surface area contributed by atoms with E-state index in [1.807, 2.05) is 30.3 Å². The van der Waals surface area contributed by atoms with Gasteiger partial charge in [0.15, 0.2) is 5.82 Å². The molecule has 2 N–H and O–H groups in total. The fourth-order valence-electron chi connectivity index (χ4n) is 2.02. The van der Waals surface area contributed by atoms with Crippen LogP contribution in [-0.4, -0.2) is 21.0 Å². The van der Waals surface area contributed by atoms with Crippen LogP contribution in [0.4, 0.5) is 0 Å². The van der Waals surface area contributed by atoms with Gasteiger partial charge in [0, 0.05) is 18.7 Å². The second kappa shape index (κ2) is 6.69. The molecular weight excluding hydrogens is 296 g/mol. The number of carbonyl (C=O) groups excluding carboxylic acids is 1. The third-order valence-electron chi connectivity index (χ3n) is 3.16. The van der Waals surface area contributed by atoms with Crippen molar-refractivity contribution < 1.29 is 9.32 Å². The van der Waals surface area contributed by atoms with Crippen LogP contribution in [-0.2, 0) is 13.0 Å². The Morgan fingerprint density at radius 2 is 2.00 bits per heavy atom. The highest BCUT2D eigenvalue weighted by Gasteiger charge is 2.10. The Kier molecular flexibility index (Phi) is 4.28. The molecule has 2 heterocycles. The Morgan fingerprint density at radius 1 is 1.17 bits per heavy atom. The first-order chi connectivity index (χ1) is 11.2. The first kappa shape index (κ1) is 14.7. The summed E-state index contributed by atoms with van der Waals surface area (Å²) in [5, 5.41) is 6.54. The molecule has 3 rings (SSSR count). The summed E-state index contributed by atoms with van der Waals surface area (Å²) in [6.45, 7) is 0.125. The van der Waals surface area contributed by atoms with Crippen LogP contribution in [0.15, 0.2) is 58.0 Å². The number of rotatable bonds is 5. The van der Waals surface area contributed by atoms with Gasteiger partial charge in [-0.1, -0.05) is 35.5 Å². The minimum absolute atomic E-state index is 0.125. The zero-order valence-electron chi connectivity index (χ0n) is 12.2. The molecule has 0 radical (unpaired) electrons. The fourth-order valence-corrected chi connectivity index (χ4v) is 2.02. The molecule has 0 fully saturated rings. The highest BCUT2D eigenvalue weighted by atomic mass is 16.5. The van der Waals surface area contributed by atoms with Crippen molar-refractivity contribution >= 4 is 5.91 Å². The molecule has 3 aromatic rings. The molecule has 0 spiro atoms. The molecule has 0 aliphatic rings. The zero-order valence-corrected chi connectivity index (χ0v) is 12.2. The topological polar surface area (TPSA) is 101 Å². The smallest absolute Gasteiger partial charge is 0.253 e. The Hall–Kier alpha value is -3.22. The van der Waals surface area contributed by atoms with Crippen LogP contribution < -0.4 is 10.9 Å². The van der Waals surface area contributed by atoms with Gasteiger partial charge in [-0.3, -0.25) is 9.59 Å².